The van der Waals surface area contributed by atoms with Crippen molar-refractivity contribution in [2.45, 2.75) is 24.7 Å². The topological polar surface area (TPSA) is 38.7 Å². The first kappa shape index (κ1) is 36.1. The van der Waals surface area contributed by atoms with Crippen LogP contribution in [0.15, 0.2) is 212 Å². The zero-order valence-corrected chi connectivity index (χ0v) is 34.5. The standard InChI is InChI=1S/C59H41N3/c1-58(2)49-29-11-13-31-51(49)59(52-32-14-12-30-50(52)58)48-28-10-9-22-47(48)54-46(27-17-33-53(54)59)45-26-16-24-43-42(23-15-25-44(43)45)38-34-36-41(37-35-38)57-61-55(39-18-5-3-6-19-39)60-56(62-57)40-20-7-4-8-21-40/h3-37H,1-2H3. The molecular formula is C59H41N3. The number of hydrogen-bond acceptors (Lipinski definition) is 3. The van der Waals surface area contributed by atoms with E-state index in [1.807, 2.05) is 60.7 Å². The molecule has 0 unspecified atom stereocenters. The normalized spacial score (nSPS) is 13.9. The quantitative estimate of drug-likeness (QED) is 0.174. The lowest BCUT2D eigenvalue weighted by Crippen LogP contribution is -2.40. The fraction of sp³-hybridized carbons (Fsp3) is 0.0678. The number of hydrogen-bond donors (Lipinski definition) is 0. The highest BCUT2D eigenvalue weighted by Gasteiger charge is 2.53. The van der Waals surface area contributed by atoms with Crippen LogP contribution >= 0.6 is 0 Å². The van der Waals surface area contributed by atoms with Crippen molar-refractivity contribution < 1.29 is 0 Å². The summed E-state index contributed by atoms with van der Waals surface area (Å²) in [6.07, 6.45) is 0. The number of fused-ring (bicyclic) bond motifs is 10. The molecule has 10 aromatic rings. The lowest BCUT2D eigenvalue weighted by Gasteiger charge is -2.46. The van der Waals surface area contributed by atoms with Crippen LogP contribution in [0.3, 0.4) is 0 Å². The predicted molar refractivity (Wildman–Crippen MR) is 254 cm³/mol. The summed E-state index contributed by atoms with van der Waals surface area (Å²) in [6.45, 7) is 4.76. The molecule has 0 amide bonds. The molecule has 2 aliphatic rings. The molecule has 0 N–H and O–H groups in total. The average molecular weight is 792 g/mol. The molecule has 0 saturated heterocycles. The van der Waals surface area contributed by atoms with E-state index in [9.17, 15) is 0 Å². The van der Waals surface area contributed by atoms with Crippen molar-refractivity contribution in [1.82, 2.24) is 15.0 Å². The zero-order chi connectivity index (χ0) is 41.4. The fourth-order valence-electron chi connectivity index (χ4n) is 10.7. The van der Waals surface area contributed by atoms with Gasteiger partial charge in [0, 0.05) is 22.1 Å². The molecule has 3 heteroatoms. The smallest absolute Gasteiger partial charge is 0.164 e. The van der Waals surface area contributed by atoms with E-state index in [0.29, 0.717) is 17.5 Å². The summed E-state index contributed by atoms with van der Waals surface area (Å²) < 4.78 is 0. The van der Waals surface area contributed by atoms with Crippen LogP contribution in [0.1, 0.15) is 47.2 Å². The first-order valence-corrected chi connectivity index (χ1v) is 21.4. The van der Waals surface area contributed by atoms with Gasteiger partial charge in [0.1, 0.15) is 0 Å². The van der Waals surface area contributed by atoms with E-state index in [-0.39, 0.29) is 5.41 Å². The van der Waals surface area contributed by atoms with Gasteiger partial charge in [-0.2, -0.15) is 0 Å². The zero-order valence-electron chi connectivity index (χ0n) is 34.5. The van der Waals surface area contributed by atoms with Gasteiger partial charge in [0.15, 0.2) is 17.5 Å². The van der Waals surface area contributed by atoms with Gasteiger partial charge in [0.05, 0.1) is 5.41 Å². The highest BCUT2D eigenvalue weighted by Crippen LogP contribution is 2.63. The minimum Gasteiger partial charge on any atom is -0.208 e. The Bertz CT molecular complexity index is 3260. The molecule has 0 radical (unpaired) electrons. The van der Waals surface area contributed by atoms with Gasteiger partial charge in [0.2, 0.25) is 0 Å². The van der Waals surface area contributed by atoms with E-state index in [1.165, 1.54) is 72.0 Å². The van der Waals surface area contributed by atoms with Crippen molar-refractivity contribution in [1.29, 1.82) is 0 Å². The van der Waals surface area contributed by atoms with Crippen molar-refractivity contribution in [2.75, 3.05) is 0 Å². The van der Waals surface area contributed by atoms with Gasteiger partial charge >= 0.3 is 0 Å². The maximum Gasteiger partial charge on any atom is 0.164 e. The number of benzene rings is 9. The molecule has 292 valence electrons. The summed E-state index contributed by atoms with van der Waals surface area (Å²) in [7, 11) is 0. The van der Waals surface area contributed by atoms with Crippen molar-refractivity contribution >= 4 is 10.8 Å². The van der Waals surface area contributed by atoms with Gasteiger partial charge < -0.3 is 0 Å². The Hall–Kier alpha value is -7.75. The van der Waals surface area contributed by atoms with Gasteiger partial charge in [-0.3, -0.25) is 0 Å². The minimum absolute atomic E-state index is 0.139. The second-order valence-corrected chi connectivity index (χ2v) is 17.1. The van der Waals surface area contributed by atoms with Gasteiger partial charge in [0.25, 0.3) is 0 Å². The average Bonchev–Trinajstić information content (AvgIpc) is 3.64. The number of nitrogens with zero attached hydrogens (tertiary/aromatic N) is 3. The Labute approximate surface area is 362 Å². The van der Waals surface area contributed by atoms with Crippen LogP contribution in [0.4, 0.5) is 0 Å². The van der Waals surface area contributed by atoms with E-state index in [0.717, 1.165) is 22.3 Å². The third-order valence-electron chi connectivity index (χ3n) is 13.4. The Kier molecular flexibility index (Phi) is 8.10. The molecule has 0 fully saturated rings. The van der Waals surface area contributed by atoms with Crippen LogP contribution in [0, 0.1) is 0 Å². The van der Waals surface area contributed by atoms with Gasteiger partial charge in [-0.15, -0.1) is 0 Å². The molecule has 0 aliphatic heterocycles. The summed E-state index contributed by atoms with van der Waals surface area (Å²) in [6, 6.07) is 76.9. The first-order chi connectivity index (χ1) is 30.5. The lowest BCUT2D eigenvalue weighted by molar-refractivity contribution is 0.563. The van der Waals surface area contributed by atoms with E-state index in [2.05, 4.69) is 166 Å². The third-order valence-corrected chi connectivity index (χ3v) is 13.4. The van der Waals surface area contributed by atoms with Crippen molar-refractivity contribution in [3.05, 3.63) is 246 Å². The van der Waals surface area contributed by atoms with E-state index in [1.54, 1.807) is 0 Å². The predicted octanol–water partition coefficient (Wildman–Crippen LogP) is 14.4. The Morgan fingerprint density at radius 2 is 0.661 bits per heavy atom. The Morgan fingerprint density at radius 3 is 1.24 bits per heavy atom. The van der Waals surface area contributed by atoms with Crippen LogP contribution in [-0.2, 0) is 10.8 Å². The fourth-order valence-corrected chi connectivity index (χ4v) is 10.7. The number of rotatable bonds is 5. The SMILES string of the molecule is CC1(C)c2ccccc2C2(c3ccccc3-c3c(-c4cccc5c(-c6ccc(-c7nc(-c8ccccc8)nc(-c8ccccc8)n7)cc6)cccc45)cccc32)c2ccccc21. The van der Waals surface area contributed by atoms with Gasteiger partial charge in [-0.05, 0) is 77.5 Å². The van der Waals surface area contributed by atoms with Crippen LogP contribution < -0.4 is 0 Å². The molecule has 1 spiro atoms. The summed E-state index contributed by atoms with van der Waals surface area (Å²) in [5, 5.41) is 2.44. The third kappa shape index (κ3) is 5.28. The second-order valence-electron chi connectivity index (χ2n) is 17.1. The number of aromatic nitrogens is 3. The molecule has 9 aromatic carbocycles. The first-order valence-electron chi connectivity index (χ1n) is 21.4. The lowest BCUT2D eigenvalue weighted by atomic mass is 9.55. The van der Waals surface area contributed by atoms with Crippen LogP contribution in [0.25, 0.3) is 78.3 Å². The second kappa shape index (κ2) is 13.9. The largest absolute Gasteiger partial charge is 0.208 e. The molecule has 62 heavy (non-hydrogen) atoms. The summed E-state index contributed by atoms with van der Waals surface area (Å²) in [4.78, 5) is 14.9. The molecule has 0 atom stereocenters. The maximum absolute atomic E-state index is 4.98. The summed E-state index contributed by atoms with van der Waals surface area (Å²) in [5.74, 6) is 1.95. The van der Waals surface area contributed by atoms with Gasteiger partial charge in [-0.25, -0.2) is 15.0 Å². The van der Waals surface area contributed by atoms with E-state index >= 15 is 0 Å². The summed E-state index contributed by atoms with van der Waals surface area (Å²) in [5.41, 5.74) is 17.9. The van der Waals surface area contributed by atoms with Crippen molar-refractivity contribution in [3.8, 4) is 67.5 Å². The molecule has 1 aromatic heterocycles. The van der Waals surface area contributed by atoms with Crippen LogP contribution in [0.2, 0.25) is 0 Å². The highest BCUT2D eigenvalue weighted by molar-refractivity contribution is 6.08. The maximum atomic E-state index is 4.98. The summed E-state index contributed by atoms with van der Waals surface area (Å²) >= 11 is 0. The molecule has 1 heterocycles. The minimum atomic E-state index is -0.440. The van der Waals surface area contributed by atoms with Crippen LogP contribution in [-0.4, -0.2) is 15.0 Å². The van der Waals surface area contributed by atoms with E-state index < -0.39 is 5.41 Å². The van der Waals surface area contributed by atoms with Gasteiger partial charge in [-0.1, -0.05) is 226 Å². The monoisotopic (exact) mass is 791 g/mol. The van der Waals surface area contributed by atoms with Crippen molar-refractivity contribution in [3.63, 3.8) is 0 Å². The highest BCUT2D eigenvalue weighted by atomic mass is 15.0. The Balaban J connectivity index is 1.00. The molecule has 0 bridgehead atoms. The Morgan fingerprint density at radius 1 is 0.274 bits per heavy atom. The molecular weight excluding hydrogens is 751 g/mol. The molecule has 3 nitrogen and oxygen atoms in total. The molecule has 2 aliphatic carbocycles. The molecule has 12 rings (SSSR count). The van der Waals surface area contributed by atoms with E-state index in [4.69, 9.17) is 15.0 Å². The van der Waals surface area contributed by atoms with Crippen molar-refractivity contribution in [2.24, 2.45) is 0 Å². The molecule has 0 saturated carbocycles. The van der Waals surface area contributed by atoms with Crippen LogP contribution in [0.5, 0.6) is 0 Å².